The maximum atomic E-state index is 5.74. The van der Waals surface area contributed by atoms with Crippen LogP contribution >= 0.6 is 11.6 Å². The van der Waals surface area contributed by atoms with Crippen LogP contribution in [0, 0.1) is 0 Å². The summed E-state index contributed by atoms with van der Waals surface area (Å²) in [6.07, 6.45) is 1.65. The zero-order valence-electron chi connectivity index (χ0n) is 7.98. The lowest BCUT2D eigenvalue weighted by atomic mass is 10.3. The number of aliphatic imine (C=N–C) groups is 1. The summed E-state index contributed by atoms with van der Waals surface area (Å²) in [6.45, 7) is 1.19. The smallest absolute Gasteiger partial charge is 0.282 e. The summed E-state index contributed by atoms with van der Waals surface area (Å²) >= 11 is 5.74. The summed E-state index contributed by atoms with van der Waals surface area (Å²) in [5.41, 5.74) is 6.30. The van der Waals surface area contributed by atoms with Crippen molar-refractivity contribution in [3.63, 3.8) is 0 Å². The van der Waals surface area contributed by atoms with Crippen molar-refractivity contribution in [3.8, 4) is 0 Å². The van der Waals surface area contributed by atoms with Crippen LogP contribution < -0.4 is 11.1 Å². The number of aromatic nitrogens is 1. The van der Waals surface area contributed by atoms with Gasteiger partial charge in [0.2, 0.25) is 0 Å². The second-order valence-electron chi connectivity index (χ2n) is 3.18. The van der Waals surface area contributed by atoms with E-state index >= 15 is 0 Å². The predicted octanol–water partition coefficient (Wildman–Crippen LogP) is 0.860. The highest BCUT2D eigenvalue weighted by atomic mass is 35.5. The molecule has 0 radical (unpaired) electrons. The fourth-order valence-electron chi connectivity index (χ4n) is 1.29. The van der Waals surface area contributed by atoms with Gasteiger partial charge in [-0.2, -0.15) is 0 Å². The molecule has 15 heavy (non-hydrogen) atoms. The van der Waals surface area contributed by atoms with Gasteiger partial charge in [0.05, 0.1) is 0 Å². The van der Waals surface area contributed by atoms with E-state index in [1.807, 2.05) is 6.07 Å². The lowest BCUT2D eigenvalue weighted by molar-refractivity contribution is 0.316. The normalized spacial score (nSPS) is 19.5. The SMILES string of the molecule is NC1=N[C@@H](CNc2ccnc(Cl)c2)CO1. The molecule has 6 heteroatoms. The highest BCUT2D eigenvalue weighted by Gasteiger charge is 2.15. The first-order valence-electron chi connectivity index (χ1n) is 4.55. The van der Waals surface area contributed by atoms with Crippen LogP contribution in [0.1, 0.15) is 0 Å². The largest absolute Gasteiger partial charge is 0.463 e. The Hall–Kier alpha value is -1.49. The van der Waals surface area contributed by atoms with E-state index in [2.05, 4.69) is 15.3 Å². The van der Waals surface area contributed by atoms with Gasteiger partial charge >= 0.3 is 0 Å². The van der Waals surface area contributed by atoms with Gasteiger partial charge in [-0.25, -0.2) is 9.98 Å². The number of ether oxygens (including phenoxy) is 1. The molecule has 1 aromatic rings. The zero-order valence-corrected chi connectivity index (χ0v) is 8.74. The summed E-state index contributed by atoms with van der Waals surface area (Å²) in [5, 5.41) is 3.64. The van der Waals surface area contributed by atoms with Crippen molar-refractivity contribution in [2.24, 2.45) is 10.7 Å². The van der Waals surface area contributed by atoms with Gasteiger partial charge in [-0.05, 0) is 12.1 Å². The van der Waals surface area contributed by atoms with Crippen LogP contribution in [-0.2, 0) is 4.74 Å². The number of hydrogen-bond donors (Lipinski definition) is 2. The molecule has 5 nitrogen and oxygen atoms in total. The molecule has 2 heterocycles. The van der Waals surface area contributed by atoms with Crippen LogP contribution in [0.3, 0.4) is 0 Å². The third-order valence-corrected chi connectivity index (χ3v) is 2.21. The van der Waals surface area contributed by atoms with Crippen LogP contribution in [0.4, 0.5) is 5.69 Å². The summed E-state index contributed by atoms with van der Waals surface area (Å²) in [5.74, 6) is 0. The van der Waals surface area contributed by atoms with Gasteiger partial charge in [0.25, 0.3) is 6.02 Å². The van der Waals surface area contributed by atoms with E-state index in [1.165, 1.54) is 0 Å². The second kappa shape index (κ2) is 4.35. The van der Waals surface area contributed by atoms with E-state index in [1.54, 1.807) is 12.3 Å². The van der Waals surface area contributed by atoms with Crippen molar-refractivity contribution >= 4 is 23.3 Å². The number of halogens is 1. The number of anilines is 1. The van der Waals surface area contributed by atoms with Crippen LogP contribution in [0.5, 0.6) is 0 Å². The quantitative estimate of drug-likeness (QED) is 0.750. The first kappa shape index (κ1) is 10.0. The number of hydrogen-bond acceptors (Lipinski definition) is 5. The maximum absolute atomic E-state index is 5.74. The Bertz CT molecular complexity index is 382. The average molecular weight is 227 g/mol. The molecular formula is C9H11ClN4O. The Morgan fingerprint density at radius 3 is 3.20 bits per heavy atom. The Morgan fingerprint density at radius 2 is 2.53 bits per heavy atom. The van der Waals surface area contributed by atoms with Gasteiger partial charge in [-0.15, -0.1) is 0 Å². The third kappa shape index (κ3) is 2.73. The van der Waals surface area contributed by atoms with Crippen LogP contribution in [0.15, 0.2) is 23.3 Å². The predicted molar refractivity (Wildman–Crippen MR) is 59.1 cm³/mol. The number of nitrogens with zero attached hydrogens (tertiary/aromatic N) is 2. The first-order chi connectivity index (χ1) is 7.24. The van der Waals surface area contributed by atoms with Crippen molar-refractivity contribution in [1.82, 2.24) is 4.98 Å². The molecule has 0 saturated heterocycles. The molecule has 0 spiro atoms. The minimum absolute atomic E-state index is 0.0666. The average Bonchev–Trinajstić information content (AvgIpc) is 2.62. The minimum atomic E-state index is 0.0666. The van der Waals surface area contributed by atoms with Crippen molar-refractivity contribution < 1.29 is 4.74 Å². The molecule has 1 aromatic heterocycles. The number of nitrogens with two attached hydrogens (primary N) is 1. The van der Waals surface area contributed by atoms with Crippen molar-refractivity contribution in [1.29, 1.82) is 0 Å². The molecule has 0 aromatic carbocycles. The second-order valence-corrected chi connectivity index (χ2v) is 3.57. The molecule has 0 amide bonds. The molecule has 1 aliphatic rings. The minimum Gasteiger partial charge on any atom is -0.463 e. The van der Waals surface area contributed by atoms with Gasteiger partial charge < -0.3 is 15.8 Å². The summed E-state index contributed by atoms with van der Waals surface area (Å²) in [7, 11) is 0. The van der Waals surface area contributed by atoms with Crippen molar-refractivity contribution in [2.45, 2.75) is 6.04 Å². The zero-order chi connectivity index (χ0) is 10.7. The van der Waals surface area contributed by atoms with Gasteiger partial charge in [0, 0.05) is 18.4 Å². The molecule has 0 fully saturated rings. The van der Waals surface area contributed by atoms with E-state index in [-0.39, 0.29) is 12.1 Å². The number of nitrogens with one attached hydrogen (secondary N) is 1. The standard InChI is InChI=1S/C9H11ClN4O/c10-8-3-6(1-2-12-8)13-4-7-5-15-9(11)14-7/h1-3,7H,4-5H2,(H2,11,14)(H,12,13)/t7-/m0/s1. The van der Waals surface area contributed by atoms with E-state index in [9.17, 15) is 0 Å². The lowest BCUT2D eigenvalue weighted by Crippen LogP contribution is -2.19. The first-order valence-corrected chi connectivity index (χ1v) is 4.93. The summed E-state index contributed by atoms with van der Waals surface area (Å²) in [4.78, 5) is 7.97. The molecule has 0 bridgehead atoms. The van der Waals surface area contributed by atoms with E-state index in [0.29, 0.717) is 18.3 Å². The van der Waals surface area contributed by atoms with Crippen LogP contribution in [-0.4, -0.2) is 30.2 Å². The Labute approximate surface area is 92.3 Å². The van der Waals surface area contributed by atoms with Gasteiger partial charge in [0.1, 0.15) is 17.8 Å². The molecule has 1 aliphatic heterocycles. The molecule has 2 rings (SSSR count). The highest BCUT2D eigenvalue weighted by molar-refractivity contribution is 6.29. The molecular weight excluding hydrogens is 216 g/mol. The molecule has 3 N–H and O–H groups in total. The Kier molecular flexibility index (Phi) is 2.91. The summed E-state index contributed by atoms with van der Waals surface area (Å²) in [6, 6.07) is 3.92. The maximum Gasteiger partial charge on any atom is 0.282 e. The Morgan fingerprint density at radius 1 is 1.67 bits per heavy atom. The fourth-order valence-corrected chi connectivity index (χ4v) is 1.46. The number of rotatable bonds is 3. The third-order valence-electron chi connectivity index (χ3n) is 2.00. The van der Waals surface area contributed by atoms with Gasteiger partial charge in [0.15, 0.2) is 0 Å². The molecule has 0 aliphatic carbocycles. The highest BCUT2D eigenvalue weighted by Crippen LogP contribution is 2.12. The van der Waals surface area contributed by atoms with Crippen molar-refractivity contribution in [3.05, 3.63) is 23.5 Å². The molecule has 0 saturated carbocycles. The molecule has 80 valence electrons. The Balaban J connectivity index is 1.88. The van der Waals surface area contributed by atoms with Crippen LogP contribution in [0.25, 0.3) is 0 Å². The van der Waals surface area contributed by atoms with Gasteiger partial charge in [-0.3, -0.25) is 0 Å². The monoisotopic (exact) mass is 226 g/mol. The van der Waals surface area contributed by atoms with E-state index in [4.69, 9.17) is 22.1 Å². The molecule has 1 atom stereocenters. The van der Waals surface area contributed by atoms with E-state index < -0.39 is 0 Å². The lowest BCUT2D eigenvalue weighted by Gasteiger charge is -2.08. The number of amidine groups is 1. The van der Waals surface area contributed by atoms with Crippen LogP contribution in [0.2, 0.25) is 5.15 Å². The van der Waals surface area contributed by atoms with E-state index in [0.717, 1.165) is 5.69 Å². The summed E-state index contributed by atoms with van der Waals surface area (Å²) < 4.78 is 5.03. The topological polar surface area (TPSA) is 72.5 Å². The number of pyridine rings is 1. The van der Waals surface area contributed by atoms with Gasteiger partial charge in [-0.1, -0.05) is 11.6 Å². The van der Waals surface area contributed by atoms with Crippen molar-refractivity contribution in [2.75, 3.05) is 18.5 Å². The fraction of sp³-hybridized carbons (Fsp3) is 0.333. The molecule has 0 unspecified atom stereocenters.